The van der Waals surface area contributed by atoms with E-state index in [1.54, 1.807) is 35.5 Å². The molecule has 0 saturated heterocycles. The summed E-state index contributed by atoms with van der Waals surface area (Å²) in [6.45, 7) is 10.3. The SMILES string of the molecule is COc1cc(C[C@@H]2c3cc(C)c(C)cc3CCN2CCCOC(=O)/C=C\C(=O)OCCC[NH+]2CCc3cc(OC)c(OC)cc3[C@H]2Cc2ccc(OC)c(OC)c2)ccc1C. The predicted octanol–water partition coefficient (Wildman–Crippen LogP) is 6.64. The third kappa shape index (κ3) is 11.3. The summed E-state index contributed by atoms with van der Waals surface area (Å²) in [5, 5.41) is 0. The summed E-state index contributed by atoms with van der Waals surface area (Å²) >= 11 is 0. The van der Waals surface area contributed by atoms with Crippen LogP contribution in [0.2, 0.25) is 0 Å². The summed E-state index contributed by atoms with van der Waals surface area (Å²) in [4.78, 5) is 29.2. The summed E-state index contributed by atoms with van der Waals surface area (Å²) in [5.41, 5.74) is 11.3. The van der Waals surface area contributed by atoms with Crippen LogP contribution in [0.25, 0.3) is 0 Å². The Labute approximate surface area is 361 Å². The van der Waals surface area contributed by atoms with Crippen molar-refractivity contribution in [3.63, 3.8) is 0 Å². The van der Waals surface area contributed by atoms with Gasteiger partial charge in [0.1, 0.15) is 11.8 Å². The van der Waals surface area contributed by atoms with E-state index in [4.69, 9.17) is 33.2 Å². The van der Waals surface area contributed by atoms with E-state index in [9.17, 15) is 9.59 Å². The van der Waals surface area contributed by atoms with Gasteiger partial charge in [-0.2, -0.15) is 0 Å². The van der Waals surface area contributed by atoms with Gasteiger partial charge in [0.25, 0.3) is 0 Å². The Morgan fingerprint density at radius 2 is 1.21 bits per heavy atom. The molecule has 11 heteroatoms. The van der Waals surface area contributed by atoms with Gasteiger partial charge in [0.05, 0.1) is 61.9 Å². The highest BCUT2D eigenvalue weighted by molar-refractivity contribution is 5.91. The van der Waals surface area contributed by atoms with E-state index in [1.807, 2.05) is 12.1 Å². The molecule has 0 radical (unpaired) electrons. The fourth-order valence-electron chi connectivity index (χ4n) is 8.87. The van der Waals surface area contributed by atoms with Crippen molar-refractivity contribution in [3.05, 3.63) is 123 Å². The number of methoxy groups -OCH3 is 5. The van der Waals surface area contributed by atoms with Crippen LogP contribution in [0.1, 0.15) is 75.0 Å². The van der Waals surface area contributed by atoms with Gasteiger partial charge in [-0.15, -0.1) is 0 Å². The van der Waals surface area contributed by atoms with Crippen LogP contribution >= 0.6 is 0 Å². The summed E-state index contributed by atoms with van der Waals surface area (Å²) in [6.07, 6.45) is 7.12. The number of carbonyl (C=O) groups excluding carboxylic acids is 2. The minimum atomic E-state index is -0.567. The van der Waals surface area contributed by atoms with Gasteiger partial charge in [-0.25, -0.2) is 9.59 Å². The quantitative estimate of drug-likeness (QED) is 0.0628. The number of rotatable bonds is 19. The van der Waals surface area contributed by atoms with E-state index >= 15 is 0 Å². The number of hydrogen-bond acceptors (Lipinski definition) is 10. The third-order valence-corrected chi connectivity index (χ3v) is 12.3. The van der Waals surface area contributed by atoms with E-state index in [0.29, 0.717) is 30.1 Å². The van der Waals surface area contributed by atoms with Crippen molar-refractivity contribution < 1.29 is 47.6 Å². The summed E-state index contributed by atoms with van der Waals surface area (Å²) < 4.78 is 39.1. The van der Waals surface area contributed by atoms with Crippen LogP contribution in [0.3, 0.4) is 0 Å². The second-order valence-corrected chi connectivity index (χ2v) is 16.1. The number of esters is 2. The van der Waals surface area contributed by atoms with E-state index < -0.39 is 11.9 Å². The lowest BCUT2D eigenvalue weighted by molar-refractivity contribution is -0.934. The molecule has 326 valence electrons. The van der Waals surface area contributed by atoms with Crippen molar-refractivity contribution in [3.8, 4) is 28.7 Å². The number of aryl methyl sites for hydroxylation is 3. The molecule has 0 spiro atoms. The Balaban J connectivity index is 0.991. The average molecular weight is 836 g/mol. The Kier molecular flexibility index (Phi) is 15.7. The molecule has 4 aromatic carbocycles. The van der Waals surface area contributed by atoms with Crippen LogP contribution in [0, 0.1) is 20.8 Å². The number of benzene rings is 4. The molecule has 0 fully saturated rings. The zero-order chi connectivity index (χ0) is 43.5. The highest BCUT2D eigenvalue weighted by Gasteiger charge is 2.33. The first-order valence-electron chi connectivity index (χ1n) is 21.3. The van der Waals surface area contributed by atoms with Crippen molar-refractivity contribution >= 4 is 11.9 Å². The predicted molar refractivity (Wildman–Crippen MR) is 236 cm³/mol. The number of carbonyl (C=O) groups is 2. The maximum Gasteiger partial charge on any atom is 0.331 e. The van der Waals surface area contributed by atoms with Gasteiger partial charge < -0.3 is 38.1 Å². The molecule has 6 rings (SSSR count). The summed E-state index contributed by atoms with van der Waals surface area (Å²) in [6, 6.07) is 21.7. The zero-order valence-corrected chi connectivity index (χ0v) is 37.2. The first-order valence-corrected chi connectivity index (χ1v) is 21.3. The molecule has 0 aromatic heterocycles. The largest absolute Gasteiger partial charge is 0.496 e. The van der Waals surface area contributed by atoms with E-state index in [1.165, 1.54) is 43.8 Å². The van der Waals surface area contributed by atoms with Gasteiger partial charge >= 0.3 is 11.9 Å². The first kappa shape index (κ1) is 45.0. The molecule has 0 saturated carbocycles. The number of nitrogens with one attached hydrogen (secondary N) is 1. The van der Waals surface area contributed by atoms with Gasteiger partial charge in [-0.1, -0.05) is 30.3 Å². The normalized spacial score (nSPS) is 17.3. The number of fused-ring (bicyclic) bond motifs is 2. The van der Waals surface area contributed by atoms with Crippen LogP contribution in [-0.4, -0.2) is 91.8 Å². The molecule has 1 N–H and O–H groups in total. The van der Waals surface area contributed by atoms with Crippen LogP contribution in [-0.2, 0) is 44.7 Å². The Hall–Kier alpha value is -5.52. The maximum atomic E-state index is 12.7. The fraction of sp³-hybridized carbons (Fsp3) is 0.440. The Morgan fingerprint density at radius 1 is 0.623 bits per heavy atom. The molecule has 0 bridgehead atoms. The molecule has 2 aliphatic rings. The molecule has 0 aliphatic carbocycles. The monoisotopic (exact) mass is 835 g/mol. The van der Waals surface area contributed by atoms with Crippen molar-refractivity contribution in [2.45, 2.75) is 71.4 Å². The Bertz CT molecular complexity index is 2180. The molecule has 1 unspecified atom stereocenters. The lowest BCUT2D eigenvalue weighted by Gasteiger charge is -2.38. The average Bonchev–Trinajstić information content (AvgIpc) is 3.27. The van der Waals surface area contributed by atoms with Crippen molar-refractivity contribution in [2.24, 2.45) is 0 Å². The van der Waals surface area contributed by atoms with Crippen LogP contribution < -0.4 is 28.6 Å². The van der Waals surface area contributed by atoms with Gasteiger partial charge in [0.15, 0.2) is 23.0 Å². The van der Waals surface area contributed by atoms with E-state index in [0.717, 1.165) is 86.6 Å². The van der Waals surface area contributed by atoms with Crippen molar-refractivity contribution in [1.29, 1.82) is 0 Å². The number of nitrogens with zero attached hydrogens (tertiary/aromatic N) is 1. The zero-order valence-electron chi connectivity index (χ0n) is 37.2. The van der Waals surface area contributed by atoms with E-state index in [-0.39, 0.29) is 25.3 Å². The third-order valence-electron chi connectivity index (χ3n) is 12.3. The summed E-state index contributed by atoms with van der Waals surface area (Å²) in [7, 11) is 8.30. The fourth-order valence-corrected chi connectivity index (χ4v) is 8.87. The highest BCUT2D eigenvalue weighted by atomic mass is 16.5. The first-order chi connectivity index (χ1) is 29.5. The minimum Gasteiger partial charge on any atom is -0.496 e. The lowest BCUT2D eigenvalue weighted by Crippen LogP contribution is -3.13. The molecule has 61 heavy (non-hydrogen) atoms. The van der Waals surface area contributed by atoms with Gasteiger partial charge in [-0.3, -0.25) is 4.90 Å². The van der Waals surface area contributed by atoms with Crippen LogP contribution in [0.4, 0.5) is 0 Å². The van der Waals surface area contributed by atoms with Gasteiger partial charge in [0, 0.05) is 56.1 Å². The number of quaternary nitrogens is 1. The maximum absolute atomic E-state index is 12.7. The Morgan fingerprint density at radius 3 is 1.92 bits per heavy atom. The number of hydrogen-bond donors (Lipinski definition) is 1. The smallest absolute Gasteiger partial charge is 0.331 e. The molecule has 0 amide bonds. The molecule has 3 atom stereocenters. The van der Waals surface area contributed by atoms with Gasteiger partial charge in [-0.05, 0) is 115 Å². The van der Waals surface area contributed by atoms with Crippen LogP contribution in [0.15, 0.2) is 72.8 Å². The van der Waals surface area contributed by atoms with E-state index in [2.05, 4.69) is 74.2 Å². The molecule has 4 aromatic rings. The van der Waals surface area contributed by atoms with Crippen molar-refractivity contribution in [1.82, 2.24) is 4.90 Å². The second kappa shape index (κ2) is 21.3. The van der Waals surface area contributed by atoms with Crippen LogP contribution in [0.5, 0.6) is 28.7 Å². The second-order valence-electron chi connectivity index (χ2n) is 16.1. The standard InChI is InChI=1S/C50H62N2O9/c1-33-11-12-36(29-45(33)56-5)27-42-40-26-35(3)34(2)25-38(40)17-21-51(42)19-9-23-60-49(53)15-16-50(54)61-24-10-20-52-22-18-39-31-47(58-7)48(59-8)32-41(39)43(52)28-37-13-14-44(55-4)46(30-37)57-6/h11-16,25-26,29-32,42-43H,9-10,17-24,27-28H2,1-8H3/p+1/b16-15-/t42-,43-/m1/s1. The minimum absolute atomic E-state index is 0.120. The molecule has 11 nitrogen and oxygen atoms in total. The summed E-state index contributed by atoms with van der Waals surface area (Å²) in [5.74, 6) is 2.56. The molecule has 2 heterocycles. The molecule has 2 aliphatic heterocycles. The topological polar surface area (TPSA) is 106 Å². The molecular formula is C50H63N2O9+. The molecular weight excluding hydrogens is 773 g/mol. The highest BCUT2D eigenvalue weighted by Crippen LogP contribution is 2.37. The van der Waals surface area contributed by atoms with Crippen molar-refractivity contribution in [2.75, 3.05) is 74.9 Å². The lowest BCUT2D eigenvalue weighted by atomic mass is 9.86. The number of ether oxygens (including phenoxy) is 7. The van der Waals surface area contributed by atoms with Gasteiger partial charge in [0.2, 0.25) is 0 Å².